The Labute approximate surface area is 121 Å². The molecule has 3 nitrogen and oxygen atoms in total. The highest BCUT2D eigenvalue weighted by Gasteiger charge is 2.11. The maximum Gasteiger partial charge on any atom is 0.488 e. The lowest BCUT2D eigenvalue weighted by molar-refractivity contribution is 0.306. The molecule has 0 radical (unpaired) electrons. The van der Waals surface area contributed by atoms with Crippen molar-refractivity contribution in [1.29, 1.82) is 0 Å². The molecule has 0 heterocycles. The minimum Gasteiger partial charge on any atom is -0.487 e. The number of hydrogen-bond donors (Lipinski definition) is 2. The van der Waals surface area contributed by atoms with Gasteiger partial charge in [0, 0.05) is 11.1 Å². The van der Waals surface area contributed by atoms with Gasteiger partial charge in [-0.1, -0.05) is 47.5 Å². The minimum atomic E-state index is -1.49. The monoisotopic (exact) mass is 296 g/mol. The van der Waals surface area contributed by atoms with Crippen LogP contribution < -0.4 is 10.2 Å². The summed E-state index contributed by atoms with van der Waals surface area (Å²) >= 11 is 11.8. The van der Waals surface area contributed by atoms with E-state index in [1.165, 1.54) is 0 Å². The van der Waals surface area contributed by atoms with Crippen LogP contribution in [0.2, 0.25) is 10.0 Å². The van der Waals surface area contributed by atoms with Gasteiger partial charge >= 0.3 is 7.12 Å². The second-order valence-corrected chi connectivity index (χ2v) is 4.83. The summed E-state index contributed by atoms with van der Waals surface area (Å²) in [6, 6.07) is 11.8. The third kappa shape index (κ3) is 3.88. The van der Waals surface area contributed by atoms with Crippen molar-refractivity contribution in [2.75, 3.05) is 0 Å². The Kier molecular flexibility index (Phi) is 4.72. The maximum absolute atomic E-state index is 9.09. The van der Waals surface area contributed by atoms with Crippen molar-refractivity contribution in [3.8, 4) is 5.75 Å². The lowest BCUT2D eigenvalue weighted by Gasteiger charge is -2.09. The van der Waals surface area contributed by atoms with Gasteiger partial charge in [0.1, 0.15) is 12.4 Å². The Morgan fingerprint density at radius 2 is 1.84 bits per heavy atom. The van der Waals surface area contributed by atoms with Gasteiger partial charge in [-0.05, 0) is 23.2 Å². The van der Waals surface area contributed by atoms with Crippen molar-refractivity contribution in [3.63, 3.8) is 0 Å². The van der Waals surface area contributed by atoms with E-state index in [2.05, 4.69) is 0 Å². The van der Waals surface area contributed by atoms with E-state index < -0.39 is 7.12 Å². The van der Waals surface area contributed by atoms with Gasteiger partial charge in [0.05, 0.1) is 5.02 Å². The SMILES string of the molecule is OB(O)c1cccc(COc2cc(Cl)ccc2Cl)c1. The van der Waals surface area contributed by atoms with Crippen LogP contribution in [0.3, 0.4) is 0 Å². The van der Waals surface area contributed by atoms with Gasteiger partial charge in [0.15, 0.2) is 0 Å². The topological polar surface area (TPSA) is 49.7 Å². The van der Waals surface area contributed by atoms with Crippen LogP contribution in [0, 0.1) is 0 Å². The van der Waals surface area contributed by atoms with Gasteiger partial charge in [0.2, 0.25) is 0 Å². The molecule has 0 unspecified atom stereocenters. The van der Waals surface area contributed by atoms with E-state index >= 15 is 0 Å². The molecule has 98 valence electrons. The van der Waals surface area contributed by atoms with Crippen LogP contribution in [0.4, 0.5) is 0 Å². The first-order valence-electron chi connectivity index (χ1n) is 5.59. The van der Waals surface area contributed by atoms with Crippen LogP contribution in [-0.4, -0.2) is 17.2 Å². The summed E-state index contributed by atoms with van der Waals surface area (Å²) in [7, 11) is -1.49. The molecule has 0 aliphatic carbocycles. The molecule has 2 N–H and O–H groups in total. The largest absolute Gasteiger partial charge is 0.488 e. The predicted molar refractivity (Wildman–Crippen MR) is 77.1 cm³/mol. The van der Waals surface area contributed by atoms with Crippen LogP contribution in [-0.2, 0) is 6.61 Å². The van der Waals surface area contributed by atoms with Crippen molar-refractivity contribution in [1.82, 2.24) is 0 Å². The normalized spacial score (nSPS) is 10.3. The number of hydrogen-bond acceptors (Lipinski definition) is 3. The molecule has 2 rings (SSSR count). The van der Waals surface area contributed by atoms with Crippen LogP contribution in [0.5, 0.6) is 5.75 Å². The molecule has 0 spiro atoms. The summed E-state index contributed by atoms with van der Waals surface area (Å²) in [5.74, 6) is 0.490. The Hall–Kier alpha value is -1.20. The minimum absolute atomic E-state index is 0.265. The summed E-state index contributed by atoms with van der Waals surface area (Å²) in [6.07, 6.45) is 0. The van der Waals surface area contributed by atoms with Crippen LogP contribution in [0.25, 0.3) is 0 Å². The molecule has 0 bridgehead atoms. The standard InChI is InChI=1S/C13H11BCl2O3/c15-11-4-5-12(16)13(7-11)19-8-9-2-1-3-10(6-9)14(17)18/h1-7,17-18H,8H2. The van der Waals surface area contributed by atoms with Crippen molar-refractivity contribution in [2.45, 2.75) is 6.61 Å². The number of ether oxygens (including phenoxy) is 1. The zero-order valence-corrected chi connectivity index (χ0v) is 11.4. The molecule has 0 aromatic heterocycles. The van der Waals surface area contributed by atoms with Gasteiger partial charge in [-0.2, -0.15) is 0 Å². The first-order valence-corrected chi connectivity index (χ1v) is 6.34. The van der Waals surface area contributed by atoms with E-state index in [9.17, 15) is 0 Å². The van der Waals surface area contributed by atoms with E-state index in [0.29, 0.717) is 21.3 Å². The van der Waals surface area contributed by atoms with Gasteiger partial charge in [-0.3, -0.25) is 0 Å². The molecular weight excluding hydrogens is 286 g/mol. The molecule has 0 saturated carbocycles. The number of halogens is 2. The smallest absolute Gasteiger partial charge is 0.487 e. The zero-order valence-electron chi connectivity index (χ0n) is 9.88. The summed E-state index contributed by atoms with van der Waals surface area (Å²) < 4.78 is 5.56. The van der Waals surface area contributed by atoms with Gasteiger partial charge in [0.25, 0.3) is 0 Å². The fourth-order valence-electron chi connectivity index (χ4n) is 1.59. The predicted octanol–water partition coefficient (Wildman–Crippen LogP) is 2.25. The highest BCUT2D eigenvalue weighted by Crippen LogP contribution is 2.28. The maximum atomic E-state index is 9.09. The van der Waals surface area contributed by atoms with E-state index in [1.54, 1.807) is 36.4 Å². The molecule has 19 heavy (non-hydrogen) atoms. The molecular formula is C13H11BCl2O3. The molecule has 0 atom stereocenters. The number of benzene rings is 2. The van der Waals surface area contributed by atoms with Crippen molar-refractivity contribution >= 4 is 35.8 Å². The highest BCUT2D eigenvalue weighted by atomic mass is 35.5. The lowest BCUT2D eigenvalue weighted by Crippen LogP contribution is -2.29. The molecule has 0 aliphatic rings. The third-order valence-electron chi connectivity index (χ3n) is 2.54. The van der Waals surface area contributed by atoms with Crippen molar-refractivity contribution in [3.05, 3.63) is 58.1 Å². The van der Waals surface area contributed by atoms with Gasteiger partial charge in [-0.15, -0.1) is 0 Å². The van der Waals surface area contributed by atoms with E-state index in [-0.39, 0.29) is 6.61 Å². The Bertz CT molecular complexity index is 576. The highest BCUT2D eigenvalue weighted by molar-refractivity contribution is 6.58. The Morgan fingerprint density at radius 1 is 1.05 bits per heavy atom. The molecule has 0 saturated heterocycles. The third-order valence-corrected chi connectivity index (χ3v) is 3.08. The average molecular weight is 297 g/mol. The first-order chi connectivity index (χ1) is 9.06. The Balaban J connectivity index is 2.10. The average Bonchev–Trinajstić information content (AvgIpc) is 2.40. The second kappa shape index (κ2) is 6.30. The van der Waals surface area contributed by atoms with E-state index in [1.807, 2.05) is 6.07 Å². The molecule has 2 aromatic rings. The fourth-order valence-corrected chi connectivity index (χ4v) is 1.93. The zero-order chi connectivity index (χ0) is 13.8. The summed E-state index contributed by atoms with van der Waals surface area (Å²) in [6.45, 7) is 0.265. The van der Waals surface area contributed by atoms with Gasteiger partial charge < -0.3 is 14.8 Å². The second-order valence-electron chi connectivity index (χ2n) is 3.98. The molecule has 2 aromatic carbocycles. The van der Waals surface area contributed by atoms with Crippen LogP contribution in [0.15, 0.2) is 42.5 Å². The van der Waals surface area contributed by atoms with E-state index in [4.69, 9.17) is 38.0 Å². The van der Waals surface area contributed by atoms with Crippen molar-refractivity contribution < 1.29 is 14.8 Å². The molecule has 6 heteroatoms. The summed E-state index contributed by atoms with van der Waals surface area (Å²) in [4.78, 5) is 0. The van der Waals surface area contributed by atoms with Gasteiger partial charge in [-0.25, -0.2) is 0 Å². The van der Waals surface area contributed by atoms with Crippen LogP contribution in [0.1, 0.15) is 5.56 Å². The fraction of sp³-hybridized carbons (Fsp3) is 0.0769. The first kappa shape index (κ1) is 14.2. The Morgan fingerprint density at radius 3 is 2.58 bits per heavy atom. The summed E-state index contributed by atoms with van der Waals surface area (Å²) in [5, 5.41) is 19.2. The van der Waals surface area contributed by atoms with Crippen LogP contribution >= 0.6 is 23.2 Å². The van der Waals surface area contributed by atoms with Crippen molar-refractivity contribution in [2.24, 2.45) is 0 Å². The van der Waals surface area contributed by atoms with E-state index in [0.717, 1.165) is 5.56 Å². The molecule has 0 amide bonds. The molecule has 0 aliphatic heterocycles. The number of rotatable bonds is 4. The lowest BCUT2D eigenvalue weighted by atomic mass is 9.80. The quantitative estimate of drug-likeness (QED) is 0.851. The summed E-state index contributed by atoms with van der Waals surface area (Å²) in [5.41, 5.74) is 1.22. The molecule has 0 fully saturated rings.